The maximum atomic E-state index is 13.4. The lowest BCUT2D eigenvalue weighted by atomic mass is 9.96. The Balaban J connectivity index is 1.51. The van der Waals surface area contributed by atoms with E-state index in [4.69, 9.17) is 9.47 Å². The number of ether oxygens (including phenoxy) is 2. The van der Waals surface area contributed by atoms with E-state index in [1.54, 1.807) is 25.4 Å². The molecule has 5 N–H and O–H groups in total. The zero-order valence-electron chi connectivity index (χ0n) is 20.5. The number of carbonyl (C=O) groups excluding carboxylic acids is 1. The van der Waals surface area contributed by atoms with Crippen molar-refractivity contribution in [3.05, 3.63) is 78.0 Å². The summed E-state index contributed by atoms with van der Waals surface area (Å²) in [5, 5.41) is 45.8. The van der Waals surface area contributed by atoms with E-state index in [0.717, 1.165) is 21.9 Å². The molecule has 0 spiro atoms. The number of hydrogen-bond acceptors (Lipinski definition) is 7. The Morgan fingerprint density at radius 3 is 2.54 bits per heavy atom. The van der Waals surface area contributed by atoms with Gasteiger partial charge in [-0.25, -0.2) is 0 Å². The molecular formula is C28H30N2O7. The van der Waals surface area contributed by atoms with Gasteiger partial charge in [-0.2, -0.15) is 0 Å². The van der Waals surface area contributed by atoms with E-state index in [9.17, 15) is 25.2 Å². The molecule has 5 rings (SSSR count). The first-order valence-electron chi connectivity index (χ1n) is 12.1. The van der Waals surface area contributed by atoms with Crippen LogP contribution in [0.1, 0.15) is 28.9 Å². The second-order valence-corrected chi connectivity index (χ2v) is 9.34. The quantitative estimate of drug-likeness (QED) is 0.270. The first kappa shape index (κ1) is 25.2. The number of carbonyl (C=O) groups is 1. The molecule has 0 bridgehead atoms. The van der Waals surface area contributed by atoms with Crippen LogP contribution in [0.4, 0.5) is 0 Å². The molecule has 1 amide bonds. The number of nitrogens with zero attached hydrogens (tertiary/aromatic N) is 1. The van der Waals surface area contributed by atoms with E-state index in [1.165, 1.54) is 0 Å². The number of nitrogens with one attached hydrogen (secondary N) is 1. The van der Waals surface area contributed by atoms with E-state index in [2.05, 4.69) is 35.6 Å². The topological polar surface area (TPSA) is 133 Å². The minimum atomic E-state index is -1.61. The molecule has 37 heavy (non-hydrogen) atoms. The second kappa shape index (κ2) is 10.1. The molecule has 1 aromatic heterocycles. The number of amides is 1. The third-order valence-corrected chi connectivity index (χ3v) is 7.16. The Kier molecular flexibility index (Phi) is 6.89. The summed E-state index contributed by atoms with van der Waals surface area (Å²) in [6, 6.07) is 18.3. The molecule has 3 aromatic carbocycles. The number of benzene rings is 3. The van der Waals surface area contributed by atoms with Crippen molar-refractivity contribution >= 4 is 27.6 Å². The highest BCUT2D eigenvalue weighted by Gasteiger charge is 2.44. The lowest BCUT2D eigenvalue weighted by Crippen LogP contribution is -2.64. The highest BCUT2D eigenvalue weighted by molar-refractivity contribution is 6.07. The summed E-state index contributed by atoms with van der Waals surface area (Å²) < 4.78 is 12.6. The molecule has 9 nitrogen and oxygen atoms in total. The van der Waals surface area contributed by atoms with Gasteiger partial charge in [0.1, 0.15) is 30.1 Å². The van der Waals surface area contributed by atoms with Gasteiger partial charge in [0.05, 0.1) is 30.8 Å². The van der Waals surface area contributed by atoms with Gasteiger partial charge in [0.25, 0.3) is 5.91 Å². The molecule has 6 atom stereocenters. The average Bonchev–Trinajstić information content (AvgIpc) is 3.31. The minimum Gasteiger partial charge on any atom is -0.497 e. The lowest BCUT2D eigenvalue weighted by Gasteiger charge is -2.40. The smallest absolute Gasteiger partial charge is 0.253 e. The number of rotatable bonds is 6. The van der Waals surface area contributed by atoms with Gasteiger partial charge >= 0.3 is 0 Å². The number of methoxy groups -OCH3 is 1. The summed E-state index contributed by atoms with van der Waals surface area (Å²) in [5.41, 5.74) is 2.14. The van der Waals surface area contributed by atoms with Crippen LogP contribution in [0.25, 0.3) is 21.7 Å². The van der Waals surface area contributed by atoms with E-state index in [0.29, 0.717) is 16.7 Å². The van der Waals surface area contributed by atoms with Gasteiger partial charge in [-0.3, -0.25) is 4.79 Å². The van der Waals surface area contributed by atoms with Crippen molar-refractivity contribution < 1.29 is 34.7 Å². The summed E-state index contributed by atoms with van der Waals surface area (Å²) in [4.78, 5) is 13.4. The fraction of sp³-hybridized carbons (Fsp3) is 0.321. The van der Waals surface area contributed by atoms with E-state index in [1.807, 2.05) is 29.7 Å². The van der Waals surface area contributed by atoms with Gasteiger partial charge in [0.15, 0.2) is 6.29 Å². The standard InChI is InChI=1S/C28H30N2O7/c1-15(17-8-7-16-5-3-4-6-18(16)11-17)30-13-21(20-10-9-19(36-2)12-22(20)30)27(34)29-24-26(33)25(32)23(14-31)37-28(24)35/h3-13,15,23-26,28,31-33,35H,14H2,1-2H3,(H,29,34)/t15?,23-,24-,25-,26-,28?/m1/s1. The molecule has 1 aliphatic heterocycles. The van der Waals surface area contributed by atoms with Crippen molar-refractivity contribution in [2.45, 2.75) is 43.6 Å². The van der Waals surface area contributed by atoms with Crippen molar-refractivity contribution in [1.29, 1.82) is 0 Å². The van der Waals surface area contributed by atoms with Gasteiger partial charge < -0.3 is 39.8 Å². The van der Waals surface area contributed by atoms with Crippen molar-refractivity contribution in [3.63, 3.8) is 0 Å². The van der Waals surface area contributed by atoms with Crippen LogP contribution in [0.2, 0.25) is 0 Å². The number of fused-ring (bicyclic) bond motifs is 2. The Labute approximate surface area is 213 Å². The van der Waals surface area contributed by atoms with Gasteiger partial charge in [-0.1, -0.05) is 36.4 Å². The molecule has 0 radical (unpaired) electrons. The van der Waals surface area contributed by atoms with Gasteiger partial charge in [-0.05, 0) is 41.5 Å². The second-order valence-electron chi connectivity index (χ2n) is 9.34. The third kappa shape index (κ3) is 4.56. The van der Waals surface area contributed by atoms with Crippen molar-refractivity contribution in [3.8, 4) is 5.75 Å². The fourth-order valence-corrected chi connectivity index (χ4v) is 4.97. The van der Waals surface area contributed by atoms with Crippen LogP contribution in [-0.4, -0.2) is 75.3 Å². The van der Waals surface area contributed by atoms with Crippen molar-refractivity contribution in [2.24, 2.45) is 0 Å². The first-order chi connectivity index (χ1) is 17.8. The molecule has 2 heterocycles. The first-order valence-corrected chi connectivity index (χ1v) is 12.1. The van der Waals surface area contributed by atoms with E-state index >= 15 is 0 Å². The summed E-state index contributed by atoms with van der Waals surface area (Å²) in [6.07, 6.45) is -4.04. The maximum Gasteiger partial charge on any atom is 0.253 e. The largest absolute Gasteiger partial charge is 0.497 e. The number of aliphatic hydroxyl groups excluding tert-OH is 4. The Morgan fingerprint density at radius 1 is 1.05 bits per heavy atom. The predicted molar refractivity (Wildman–Crippen MR) is 137 cm³/mol. The molecule has 1 fully saturated rings. The molecule has 2 unspecified atom stereocenters. The zero-order chi connectivity index (χ0) is 26.3. The fourth-order valence-electron chi connectivity index (χ4n) is 4.97. The van der Waals surface area contributed by atoms with E-state index in [-0.39, 0.29) is 6.04 Å². The van der Waals surface area contributed by atoms with Crippen molar-refractivity contribution in [2.75, 3.05) is 13.7 Å². The Hall–Kier alpha value is -3.47. The molecule has 0 saturated carbocycles. The number of hydrogen-bond donors (Lipinski definition) is 5. The van der Waals surface area contributed by atoms with Crippen LogP contribution in [-0.2, 0) is 4.74 Å². The van der Waals surface area contributed by atoms with Crippen molar-refractivity contribution in [1.82, 2.24) is 9.88 Å². The van der Waals surface area contributed by atoms with Crippen LogP contribution < -0.4 is 10.1 Å². The van der Waals surface area contributed by atoms with Gasteiger partial charge in [0.2, 0.25) is 0 Å². The van der Waals surface area contributed by atoms with Gasteiger partial charge in [-0.15, -0.1) is 0 Å². The molecular weight excluding hydrogens is 476 g/mol. The highest BCUT2D eigenvalue weighted by Crippen LogP contribution is 2.32. The Morgan fingerprint density at radius 2 is 1.81 bits per heavy atom. The lowest BCUT2D eigenvalue weighted by molar-refractivity contribution is -0.252. The zero-order valence-corrected chi connectivity index (χ0v) is 20.5. The third-order valence-electron chi connectivity index (χ3n) is 7.16. The van der Waals surface area contributed by atoms with E-state index < -0.39 is 43.2 Å². The van der Waals surface area contributed by atoms with Crippen LogP contribution in [0.15, 0.2) is 66.9 Å². The summed E-state index contributed by atoms with van der Waals surface area (Å²) in [6.45, 7) is 1.45. The predicted octanol–water partition coefficient (Wildman–Crippen LogP) is 1.94. The highest BCUT2D eigenvalue weighted by atomic mass is 16.6. The Bertz CT molecular complexity index is 1430. The van der Waals surface area contributed by atoms with Crippen LogP contribution >= 0.6 is 0 Å². The molecule has 4 aromatic rings. The van der Waals surface area contributed by atoms with Crippen LogP contribution in [0.3, 0.4) is 0 Å². The molecule has 1 aliphatic rings. The summed E-state index contributed by atoms with van der Waals surface area (Å²) in [7, 11) is 1.58. The summed E-state index contributed by atoms with van der Waals surface area (Å²) in [5.74, 6) is 0.0789. The number of aromatic nitrogens is 1. The van der Waals surface area contributed by atoms with Crippen LogP contribution in [0.5, 0.6) is 5.75 Å². The monoisotopic (exact) mass is 506 g/mol. The maximum absolute atomic E-state index is 13.4. The van der Waals surface area contributed by atoms with Gasteiger partial charge in [0, 0.05) is 17.6 Å². The molecule has 9 heteroatoms. The van der Waals surface area contributed by atoms with Crippen LogP contribution in [0, 0.1) is 0 Å². The average molecular weight is 507 g/mol. The molecule has 1 saturated heterocycles. The molecule has 194 valence electrons. The summed E-state index contributed by atoms with van der Waals surface area (Å²) >= 11 is 0. The SMILES string of the molecule is COc1ccc2c(C(=O)N[C@H]3C(O)O[C@H](CO)[C@@H](O)[C@@H]3O)cn(C(C)c3ccc4ccccc4c3)c2c1. The normalized spacial score (nSPS) is 24.8. The number of aliphatic hydroxyl groups is 4. The molecule has 0 aliphatic carbocycles. The minimum absolute atomic E-state index is 0.137.